The molecule has 0 bridgehead atoms. The van der Waals surface area contributed by atoms with Crippen molar-refractivity contribution in [3.05, 3.63) is 28.8 Å². The normalized spacial score (nSPS) is 19.3. The molecule has 1 aliphatic rings. The Kier molecular flexibility index (Phi) is 2.46. The van der Waals surface area contributed by atoms with Crippen molar-refractivity contribution in [1.82, 2.24) is 0 Å². The smallest absolute Gasteiger partial charge is 0.232 e. The fraction of sp³-hybridized carbons (Fsp3) is 0.364. The van der Waals surface area contributed by atoms with Gasteiger partial charge in [0, 0.05) is 0 Å². The topological polar surface area (TPSA) is 29.1 Å². The van der Waals surface area contributed by atoms with Crippen LogP contribution in [-0.2, 0) is 4.79 Å². The zero-order valence-electron chi connectivity index (χ0n) is 8.01. The molecule has 1 atom stereocenters. The fourth-order valence-electron chi connectivity index (χ4n) is 1.89. The van der Waals surface area contributed by atoms with E-state index in [9.17, 15) is 4.79 Å². The molecule has 1 heterocycles. The maximum Gasteiger partial charge on any atom is 0.232 e. The average Bonchev–Trinajstić information content (AvgIpc) is 2.47. The van der Waals surface area contributed by atoms with Crippen LogP contribution in [0.1, 0.15) is 31.2 Å². The Morgan fingerprint density at radius 2 is 2.29 bits per heavy atom. The van der Waals surface area contributed by atoms with Crippen molar-refractivity contribution in [2.45, 2.75) is 25.7 Å². The highest BCUT2D eigenvalue weighted by Gasteiger charge is 2.30. The Morgan fingerprint density at radius 1 is 1.50 bits per heavy atom. The summed E-state index contributed by atoms with van der Waals surface area (Å²) >= 11 is 5.99. The van der Waals surface area contributed by atoms with Crippen molar-refractivity contribution in [2.75, 3.05) is 5.32 Å². The summed E-state index contributed by atoms with van der Waals surface area (Å²) in [5.41, 5.74) is 1.85. The van der Waals surface area contributed by atoms with E-state index in [-0.39, 0.29) is 11.8 Å². The summed E-state index contributed by atoms with van der Waals surface area (Å²) in [5.74, 6) is 0.0728. The highest BCUT2D eigenvalue weighted by atomic mass is 35.5. The lowest BCUT2D eigenvalue weighted by molar-refractivity contribution is -0.117. The molecule has 1 unspecified atom stereocenters. The molecule has 0 radical (unpaired) electrons. The van der Waals surface area contributed by atoms with Gasteiger partial charge in [-0.3, -0.25) is 4.79 Å². The second kappa shape index (κ2) is 3.62. The Balaban J connectivity index is 2.42. The first-order chi connectivity index (χ1) is 6.74. The van der Waals surface area contributed by atoms with Crippen LogP contribution in [0.5, 0.6) is 0 Å². The first-order valence-corrected chi connectivity index (χ1v) is 5.21. The standard InChI is InChI=1S/C11H12ClNO/c1-2-4-8-7-5-3-6-9(12)10(7)13-11(8)14/h3,5-6,8H,2,4H2,1H3,(H,13,14). The van der Waals surface area contributed by atoms with E-state index in [1.807, 2.05) is 12.1 Å². The zero-order chi connectivity index (χ0) is 10.1. The van der Waals surface area contributed by atoms with Crippen molar-refractivity contribution in [2.24, 2.45) is 0 Å². The van der Waals surface area contributed by atoms with Crippen LogP contribution in [0.15, 0.2) is 18.2 Å². The predicted octanol–water partition coefficient (Wildman–Crippen LogP) is 3.18. The van der Waals surface area contributed by atoms with E-state index in [1.165, 1.54) is 0 Å². The second-order valence-corrected chi connectivity index (χ2v) is 3.94. The van der Waals surface area contributed by atoms with Gasteiger partial charge in [0.1, 0.15) is 0 Å². The summed E-state index contributed by atoms with van der Waals surface area (Å²) in [6, 6.07) is 5.67. The largest absolute Gasteiger partial charge is 0.324 e. The second-order valence-electron chi connectivity index (χ2n) is 3.53. The first-order valence-electron chi connectivity index (χ1n) is 4.83. The summed E-state index contributed by atoms with van der Waals surface area (Å²) in [7, 11) is 0. The molecule has 0 spiro atoms. The van der Waals surface area contributed by atoms with Gasteiger partial charge in [-0.15, -0.1) is 0 Å². The van der Waals surface area contributed by atoms with Gasteiger partial charge in [0.25, 0.3) is 0 Å². The Morgan fingerprint density at radius 3 is 3.00 bits per heavy atom. The molecule has 1 aromatic rings. The quantitative estimate of drug-likeness (QED) is 0.797. The zero-order valence-corrected chi connectivity index (χ0v) is 8.77. The number of hydrogen-bond donors (Lipinski definition) is 1. The van der Waals surface area contributed by atoms with Crippen LogP contribution < -0.4 is 5.32 Å². The molecule has 0 saturated carbocycles. The van der Waals surface area contributed by atoms with E-state index >= 15 is 0 Å². The number of fused-ring (bicyclic) bond motifs is 1. The highest BCUT2D eigenvalue weighted by Crippen LogP contribution is 2.39. The minimum atomic E-state index is -0.00583. The van der Waals surface area contributed by atoms with Crippen LogP contribution >= 0.6 is 11.6 Å². The van der Waals surface area contributed by atoms with E-state index in [4.69, 9.17) is 11.6 Å². The SMILES string of the molecule is CCCC1C(=O)Nc2c(Cl)cccc21. The van der Waals surface area contributed by atoms with Crippen LogP contribution in [0.2, 0.25) is 5.02 Å². The van der Waals surface area contributed by atoms with Gasteiger partial charge in [-0.2, -0.15) is 0 Å². The third kappa shape index (κ3) is 1.40. The number of amides is 1. The Bertz CT molecular complexity index is 376. The molecular weight excluding hydrogens is 198 g/mol. The van der Waals surface area contributed by atoms with Gasteiger partial charge in [-0.1, -0.05) is 37.1 Å². The van der Waals surface area contributed by atoms with Gasteiger partial charge < -0.3 is 5.32 Å². The Hall–Kier alpha value is -1.02. The van der Waals surface area contributed by atoms with E-state index in [2.05, 4.69) is 12.2 Å². The van der Waals surface area contributed by atoms with Crippen LogP contribution in [0.25, 0.3) is 0 Å². The summed E-state index contributed by atoms with van der Waals surface area (Å²) in [6.45, 7) is 2.08. The Labute approximate surface area is 88.3 Å². The number of carbonyl (C=O) groups is 1. The van der Waals surface area contributed by atoms with Crippen LogP contribution in [0.4, 0.5) is 5.69 Å². The summed E-state index contributed by atoms with van der Waals surface area (Å²) in [6.07, 6.45) is 1.89. The summed E-state index contributed by atoms with van der Waals surface area (Å²) < 4.78 is 0. The molecule has 2 rings (SSSR count). The molecule has 0 fully saturated rings. The van der Waals surface area contributed by atoms with Gasteiger partial charge in [0.05, 0.1) is 16.6 Å². The fourth-order valence-corrected chi connectivity index (χ4v) is 2.12. The van der Waals surface area contributed by atoms with E-state index in [1.54, 1.807) is 6.07 Å². The van der Waals surface area contributed by atoms with E-state index in [0.717, 1.165) is 24.1 Å². The predicted molar refractivity (Wildman–Crippen MR) is 57.7 cm³/mol. The lowest BCUT2D eigenvalue weighted by Crippen LogP contribution is -2.11. The van der Waals surface area contributed by atoms with Crippen molar-refractivity contribution in [1.29, 1.82) is 0 Å². The first kappa shape index (κ1) is 9.53. The summed E-state index contributed by atoms with van der Waals surface area (Å²) in [5, 5.41) is 3.46. The number of carbonyl (C=O) groups excluding carboxylic acids is 1. The molecule has 0 aliphatic carbocycles. The maximum atomic E-state index is 11.6. The third-order valence-corrected chi connectivity index (χ3v) is 2.88. The number of anilines is 1. The number of para-hydroxylation sites is 1. The number of rotatable bonds is 2. The minimum Gasteiger partial charge on any atom is -0.324 e. The van der Waals surface area contributed by atoms with Crippen molar-refractivity contribution < 1.29 is 4.79 Å². The number of nitrogens with one attached hydrogen (secondary N) is 1. The van der Waals surface area contributed by atoms with Crippen LogP contribution in [0.3, 0.4) is 0 Å². The van der Waals surface area contributed by atoms with Crippen molar-refractivity contribution in [3.63, 3.8) is 0 Å². The molecule has 74 valence electrons. The molecule has 0 saturated heterocycles. The molecule has 3 heteroatoms. The van der Waals surface area contributed by atoms with Gasteiger partial charge in [-0.25, -0.2) is 0 Å². The average molecular weight is 210 g/mol. The van der Waals surface area contributed by atoms with Crippen LogP contribution in [0, 0.1) is 0 Å². The van der Waals surface area contributed by atoms with Crippen LogP contribution in [-0.4, -0.2) is 5.91 Å². The van der Waals surface area contributed by atoms with E-state index < -0.39 is 0 Å². The molecule has 0 aromatic heterocycles. The molecular formula is C11H12ClNO. The summed E-state index contributed by atoms with van der Waals surface area (Å²) in [4.78, 5) is 11.6. The number of halogens is 1. The van der Waals surface area contributed by atoms with Crippen molar-refractivity contribution in [3.8, 4) is 0 Å². The molecule has 1 amide bonds. The molecule has 1 N–H and O–H groups in total. The highest BCUT2D eigenvalue weighted by molar-refractivity contribution is 6.34. The monoisotopic (exact) mass is 209 g/mol. The number of hydrogen-bond acceptors (Lipinski definition) is 1. The van der Waals surface area contributed by atoms with Gasteiger partial charge in [0.2, 0.25) is 5.91 Å². The maximum absolute atomic E-state index is 11.6. The molecule has 1 aliphatic heterocycles. The minimum absolute atomic E-state index is 0.00583. The third-order valence-electron chi connectivity index (χ3n) is 2.56. The van der Waals surface area contributed by atoms with Gasteiger partial charge >= 0.3 is 0 Å². The lowest BCUT2D eigenvalue weighted by Gasteiger charge is -2.05. The van der Waals surface area contributed by atoms with Gasteiger partial charge in [0.15, 0.2) is 0 Å². The van der Waals surface area contributed by atoms with Gasteiger partial charge in [-0.05, 0) is 18.1 Å². The molecule has 1 aromatic carbocycles. The molecule has 2 nitrogen and oxygen atoms in total. The van der Waals surface area contributed by atoms with E-state index in [0.29, 0.717) is 5.02 Å². The molecule has 14 heavy (non-hydrogen) atoms. The lowest BCUT2D eigenvalue weighted by atomic mass is 9.96. The van der Waals surface area contributed by atoms with Crippen molar-refractivity contribution >= 4 is 23.2 Å². The number of benzene rings is 1.